The van der Waals surface area contributed by atoms with E-state index in [9.17, 15) is 14.4 Å². The van der Waals surface area contributed by atoms with Crippen LogP contribution in [0.1, 0.15) is 252 Å². The number of allylic oxidation sites excluding steroid dienone is 14. The Morgan fingerprint density at radius 3 is 0.938 bits per heavy atom. The van der Waals surface area contributed by atoms with E-state index in [0.717, 1.165) is 109 Å². The van der Waals surface area contributed by atoms with E-state index in [1.165, 1.54) is 103 Å². The minimum absolute atomic E-state index is 0.0918. The molecule has 0 aromatic carbocycles. The standard InChI is InChI=1S/C59H100O6/c1-4-7-10-13-16-19-22-25-28-29-30-32-34-37-40-43-46-49-52-58(61)64-55-56(54-63-57(60)51-48-45-42-39-36-33-27-24-21-18-15-12-9-6-3)65-59(62)53-50-47-44-41-38-35-31-26-23-20-17-14-11-8-5-2/h8,11,14,17,20,22-23,25-26,28-32,56H,4-7,9-10,12-13,15-16,18-19,21,24,27,33-55H2,1-3H3/b11-8-,17-14-,23-20-,25-22-,29-28-,31-26-,32-30-. The third kappa shape index (κ3) is 51.4. The van der Waals surface area contributed by atoms with E-state index in [1.807, 2.05) is 18.2 Å². The lowest BCUT2D eigenvalue weighted by Gasteiger charge is -2.18. The van der Waals surface area contributed by atoms with Crippen molar-refractivity contribution in [1.29, 1.82) is 0 Å². The van der Waals surface area contributed by atoms with Gasteiger partial charge in [-0.1, -0.05) is 254 Å². The summed E-state index contributed by atoms with van der Waals surface area (Å²) in [5.41, 5.74) is 0. The summed E-state index contributed by atoms with van der Waals surface area (Å²) in [5.74, 6) is -0.932. The molecule has 0 heterocycles. The molecule has 372 valence electrons. The lowest BCUT2D eigenvalue weighted by molar-refractivity contribution is -0.167. The van der Waals surface area contributed by atoms with Gasteiger partial charge in [0.15, 0.2) is 6.10 Å². The van der Waals surface area contributed by atoms with Gasteiger partial charge in [-0.15, -0.1) is 0 Å². The maximum absolute atomic E-state index is 12.8. The third-order valence-electron chi connectivity index (χ3n) is 11.5. The van der Waals surface area contributed by atoms with E-state index in [1.54, 1.807) is 0 Å². The largest absolute Gasteiger partial charge is 0.462 e. The Balaban J connectivity index is 4.46. The van der Waals surface area contributed by atoms with Crippen molar-refractivity contribution in [2.45, 2.75) is 258 Å². The number of unbranched alkanes of at least 4 members (excludes halogenated alkanes) is 28. The molecule has 0 aliphatic carbocycles. The zero-order chi connectivity index (χ0) is 47.2. The Morgan fingerprint density at radius 1 is 0.323 bits per heavy atom. The molecule has 6 nitrogen and oxygen atoms in total. The summed E-state index contributed by atoms with van der Waals surface area (Å²) < 4.78 is 16.8. The number of ether oxygens (including phenoxy) is 3. The Hall–Kier alpha value is -3.41. The summed E-state index contributed by atoms with van der Waals surface area (Å²) in [6.07, 6.45) is 68.5. The molecule has 0 N–H and O–H groups in total. The Morgan fingerprint density at radius 2 is 0.600 bits per heavy atom. The van der Waals surface area contributed by atoms with E-state index in [0.29, 0.717) is 19.3 Å². The van der Waals surface area contributed by atoms with Crippen molar-refractivity contribution >= 4 is 17.9 Å². The summed E-state index contributed by atoms with van der Waals surface area (Å²) >= 11 is 0. The normalized spacial score (nSPS) is 12.7. The van der Waals surface area contributed by atoms with Crippen molar-refractivity contribution in [3.8, 4) is 0 Å². The minimum Gasteiger partial charge on any atom is -0.462 e. The number of hydrogen-bond acceptors (Lipinski definition) is 6. The van der Waals surface area contributed by atoms with Gasteiger partial charge in [0.2, 0.25) is 0 Å². The lowest BCUT2D eigenvalue weighted by Crippen LogP contribution is -2.30. The van der Waals surface area contributed by atoms with E-state index in [2.05, 4.69) is 87.6 Å². The van der Waals surface area contributed by atoms with Gasteiger partial charge in [0.05, 0.1) is 0 Å². The molecule has 6 heteroatoms. The number of esters is 3. The summed E-state index contributed by atoms with van der Waals surface area (Å²) in [7, 11) is 0. The third-order valence-corrected chi connectivity index (χ3v) is 11.5. The van der Waals surface area contributed by atoms with Crippen molar-refractivity contribution in [3.05, 3.63) is 85.1 Å². The fourth-order valence-electron chi connectivity index (χ4n) is 7.45. The Kier molecular flexibility index (Phi) is 50.4. The average Bonchev–Trinajstić information content (AvgIpc) is 3.30. The van der Waals surface area contributed by atoms with Crippen molar-refractivity contribution in [2.75, 3.05) is 13.2 Å². The van der Waals surface area contributed by atoms with E-state index in [-0.39, 0.29) is 31.1 Å². The minimum atomic E-state index is -0.796. The molecule has 0 bridgehead atoms. The number of rotatable bonds is 48. The van der Waals surface area contributed by atoms with Crippen LogP contribution in [0.2, 0.25) is 0 Å². The molecule has 0 radical (unpaired) electrons. The maximum atomic E-state index is 12.8. The average molecular weight is 905 g/mol. The zero-order valence-electron chi connectivity index (χ0n) is 42.5. The first kappa shape index (κ1) is 61.6. The second kappa shape index (κ2) is 53.2. The molecule has 65 heavy (non-hydrogen) atoms. The van der Waals surface area contributed by atoms with Crippen molar-refractivity contribution in [2.24, 2.45) is 0 Å². The molecule has 0 rings (SSSR count). The molecule has 0 spiro atoms. The van der Waals surface area contributed by atoms with Crippen LogP contribution < -0.4 is 0 Å². The summed E-state index contributed by atoms with van der Waals surface area (Å²) in [6.45, 7) is 6.46. The predicted molar refractivity (Wildman–Crippen MR) is 279 cm³/mol. The predicted octanol–water partition coefficient (Wildman–Crippen LogP) is 18.0. The van der Waals surface area contributed by atoms with Gasteiger partial charge >= 0.3 is 17.9 Å². The number of carbonyl (C=O) groups is 3. The fraction of sp³-hybridized carbons (Fsp3) is 0.712. The summed E-state index contributed by atoms with van der Waals surface area (Å²) in [5, 5.41) is 0. The molecule has 1 atom stereocenters. The molecular weight excluding hydrogens is 805 g/mol. The molecule has 0 saturated carbocycles. The fourth-order valence-corrected chi connectivity index (χ4v) is 7.45. The first-order valence-electron chi connectivity index (χ1n) is 27.2. The molecule has 0 fully saturated rings. The Labute approximate surface area is 401 Å². The SMILES string of the molecule is CC\C=C/C=C\C=C/C=C\CCCCCCCC(=O)OC(COC(=O)CCCCCCC\C=C/C=C\C=C/CCCCCCC)COC(=O)CCCCCCCCCCCCCCCC. The van der Waals surface area contributed by atoms with Gasteiger partial charge in [-0.2, -0.15) is 0 Å². The van der Waals surface area contributed by atoms with Gasteiger partial charge in [0.1, 0.15) is 13.2 Å². The van der Waals surface area contributed by atoms with Crippen molar-refractivity contribution < 1.29 is 28.6 Å². The number of hydrogen-bond donors (Lipinski definition) is 0. The van der Waals surface area contributed by atoms with Crippen LogP contribution in [0.5, 0.6) is 0 Å². The van der Waals surface area contributed by atoms with Crippen molar-refractivity contribution in [3.63, 3.8) is 0 Å². The zero-order valence-corrected chi connectivity index (χ0v) is 42.5. The monoisotopic (exact) mass is 905 g/mol. The van der Waals surface area contributed by atoms with Gasteiger partial charge in [0.25, 0.3) is 0 Å². The molecular formula is C59H100O6. The number of carbonyl (C=O) groups excluding carboxylic acids is 3. The van der Waals surface area contributed by atoms with Crippen molar-refractivity contribution in [1.82, 2.24) is 0 Å². The summed E-state index contributed by atoms with van der Waals surface area (Å²) in [4.78, 5) is 38.1. The topological polar surface area (TPSA) is 78.9 Å². The highest BCUT2D eigenvalue weighted by Crippen LogP contribution is 2.15. The second-order valence-corrected chi connectivity index (χ2v) is 17.9. The molecule has 0 amide bonds. The van der Waals surface area contributed by atoms with Crippen LogP contribution in [0, 0.1) is 0 Å². The van der Waals surface area contributed by atoms with Crippen LogP contribution in [-0.4, -0.2) is 37.2 Å². The van der Waals surface area contributed by atoms with Crippen LogP contribution in [-0.2, 0) is 28.6 Å². The van der Waals surface area contributed by atoms with Crippen LogP contribution in [0.3, 0.4) is 0 Å². The van der Waals surface area contributed by atoms with Gasteiger partial charge in [-0.05, 0) is 64.2 Å². The van der Waals surface area contributed by atoms with E-state index >= 15 is 0 Å². The van der Waals surface area contributed by atoms with E-state index < -0.39 is 6.10 Å². The molecule has 1 unspecified atom stereocenters. The molecule has 0 saturated heterocycles. The van der Waals surface area contributed by atoms with Gasteiger partial charge in [-0.3, -0.25) is 14.4 Å². The highest BCUT2D eigenvalue weighted by atomic mass is 16.6. The second-order valence-electron chi connectivity index (χ2n) is 17.9. The van der Waals surface area contributed by atoms with Crippen LogP contribution in [0.25, 0.3) is 0 Å². The van der Waals surface area contributed by atoms with Gasteiger partial charge in [-0.25, -0.2) is 0 Å². The Bertz CT molecular complexity index is 1270. The van der Waals surface area contributed by atoms with Crippen LogP contribution in [0.4, 0.5) is 0 Å². The van der Waals surface area contributed by atoms with Gasteiger partial charge in [0, 0.05) is 19.3 Å². The lowest BCUT2D eigenvalue weighted by atomic mass is 10.0. The molecule has 0 aliphatic rings. The van der Waals surface area contributed by atoms with Crippen LogP contribution >= 0.6 is 0 Å². The molecule has 0 aromatic rings. The summed E-state index contributed by atoms with van der Waals surface area (Å²) in [6, 6.07) is 0. The maximum Gasteiger partial charge on any atom is 0.306 e. The highest BCUT2D eigenvalue weighted by Gasteiger charge is 2.19. The first-order chi connectivity index (χ1) is 32.0. The smallest absolute Gasteiger partial charge is 0.306 e. The quantitative estimate of drug-likeness (QED) is 0.0262. The van der Waals surface area contributed by atoms with E-state index in [4.69, 9.17) is 14.2 Å². The van der Waals surface area contributed by atoms with Gasteiger partial charge < -0.3 is 14.2 Å². The van der Waals surface area contributed by atoms with Crippen LogP contribution in [0.15, 0.2) is 85.1 Å². The first-order valence-corrected chi connectivity index (χ1v) is 27.2. The highest BCUT2D eigenvalue weighted by molar-refractivity contribution is 5.71. The molecule has 0 aliphatic heterocycles. The molecule has 0 aromatic heterocycles.